The molecule has 34 heavy (non-hydrogen) atoms. The van der Waals surface area contributed by atoms with E-state index in [-0.39, 0.29) is 36.4 Å². The first-order chi connectivity index (χ1) is 15.4. The van der Waals surface area contributed by atoms with Gasteiger partial charge in [0.05, 0.1) is 12.1 Å². The van der Waals surface area contributed by atoms with E-state index in [0.717, 1.165) is 6.54 Å². The second-order valence-electron chi connectivity index (χ2n) is 9.13. The van der Waals surface area contributed by atoms with Gasteiger partial charge in [-0.15, -0.1) is 36.6 Å². The van der Waals surface area contributed by atoms with Crippen LogP contribution < -0.4 is 5.32 Å². The van der Waals surface area contributed by atoms with Crippen LogP contribution in [-0.4, -0.2) is 47.5 Å². The third-order valence-corrected chi connectivity index (χ3v) is 6.98. The second kappa shape index (κ2) is 14.8. The van der Waals surface area contributed by atoms with Gasteiger partial charge in [-0.3, -0.25) is 4.90 Å². The predicted molar refractivity (Wildman–Crippen MR) is 152 cm³/mol. The van der Waals surface area contributed by atoms with Crippen molar-refractivity contribution in [2.75, 3.05) is 25.9 Å². The molecule has 2 N–H and O–H groups in total. The number of hydrogen-bond donors (Lipinski definition) is 2. The minimum atomic E-state index is -0.400. The summed E-state index contributed by atoms with van der Waals surface area (Å²) in [4.78, 5) is 3.63. The molecule has 0 saturated heterocycles. The summed E-state index contributed by atoms with van der Waals surface area (Å²) in [6.45, 7) is 7.94. The van der Waals surface area contributed by atoms with E-state index in [1.165, 1.54) is 21.6 Å². The number of rotatable bonds is 11. The fourth-order valence-corrected chi connectivity index (χ4v) is 5.06. The van der Waals surface area contributed by atoms with Crippen molar-refractivity contribution in [1.29, 1.82) is 0 Å². The van der Waals surface area contributed by atoms with Gasteiger partial charge in [-0.05, 0) is 50.6 Å². The van der Waals surface area contributed by atoms with Crippen molar-refractivity contribution < 1.29 is 5.11 Å². The maximum atomic E-state index is 10.6. The third-order valence-electron chi connectivity index (χ3n) is 5.66. The van der Waals surface area contributed by atoms with Crippen LogP contribution >= 0.6 is 36.6 Å². The lowest BCUT2D eigenvalue weighted by atomic mass is 9.95. The standard InChI is InChI=1S/C28H36N2OS.2ClH/c1-22-13-11-12-18-26(22)32-20-25(31)19-29-28(2,3)21-30(4)27(23-14-7-5-8-15-23)24-16-9-6-10-17-24;;/h5-18,25,27,29,31H,19-21H2,1-4H3;2*1H. The topological polar surface area (TPSA) is 35.5 Å². The minimum Gasteiger partial charge on any atom is -0.391 e. The van der Waals surface area contributed by atoms with Gasteiger partial charge in [0.1, 0.15) is 0 Å². The molecule has 0 aliphatic heterocycles. The summed E-state index contributed by atoms with van der Waals surface area (Å²) in [5.41, 5.74) is 3.68. The maximum Gasteiger partial charge on any atom is 0.0758 e. The monoisotopic (exact) mass is 520 g/mol. The molecule has 0 aromatic heterocycles. The number of nitrogens with one attached hydrogen (secondary N) is 1. The molecule has 0 aliphatic rings. The van der Waals surface area contributed by atoms with Crippen molar-refractivity contribution in [2.45, 2.75) is 43.4 Å². The van der Waals surface area contributed by atoms with Crippen LogP contribution in [0.15, 0.2) is 89.8 Å². The number of thioether (sulfide) groups is 1. The largest absolute Gasteiger partial charge is 0.391 e. The number of halogens is 2. The highest BCUT2D eigenvalue weighted by Crippen LogP contribution is 2.28. The molecule has 0 spiro atoms. The summed E-state index contributed by atoms with van der Waals surface area (Å²) >= 11 is 1.72. The van der Waals surface area contributed by atoms with Gasteiger partial charge in [-0.25, -0.2) is 0 Å². The number of aliphatic hydroxyl groups is 1. The molecule has 186 valence electrons. The summed E-state index contributed by atoms with van der Waals surface area (Å²) in [7, 11) is 2.18. The Morgan fingerprint density at radius 1 is 0.853 bits per heavy atom. The number of aliphatic hydroxyl groups excluding tert-OH is 1. The van der Waals surface area contributed by atoms with Crippen molar-refractivity contribution in [3.05, 3.63) is 102 Å². The van der Waals surface area contributed by atoms with Crippen molar-refractivity contribution in [1.82, 2.24) is 10.2 Å². The smallest absolute Gasteiger partial charge is 0.0758 e. The van der Waals surface area contributed by atoms with E-state index in [2.05, 4.69) is 123 Å². The highest BCUT2D eigenvalue weighted by atomic mass is 35.5. The van der Waals surface area contributed by atoms with E-state index in [1.54, 1.807) is 11.8 Å². The Bertz CT molecular complexity index is 917. The molecule has 0 aliphatic carbocycles. The number of β-amino-alcohol motifs (C(OH)–C–C–N with tert-alkyl or cyclic N) is 1. The number of aryl methyl sites for hydroxylation is 1. The lowest BCUT2D eigenvalue weighted by Gasteiger charge is -2.37. The highest BCUT2D eigenvalue weighted by Gasteiger charge is 2.26. The Morgan fingerprint density at radius 2 is 1.35 bits per heavy atom. The molecule has 0 amide bonds. The van der Waals surface area contributed by atoms with Gasteiger partial charge < -0.3 is 10.4 Å². The van der Waals surface area contributed by atoms with Crippen LogP contribution in [0.3, 0.4) is 0 Å². The first-order valence-electron chi connectivity index (χ1n) is 11.3. The van der Waals surface area contributed by atoms with E-state index in [9.17, 15) is 5.11 Å². The normalized spacial score (nSPS) is 12.2. The van der Waals surface area contributed by atoms with Crippen molar-refractivity contribution in [3.8, 4) is 0 Å². The average molecular weight is 522 g/mol. The van der Waals surface area contributed by atoms with Crippen LogP contribution in [0.1, 0.15) is 36.6 Å². The highest BCUT2D eigenvalue weighted by molar-refractivity contribution is 7.99. The molecule has 0 fully saturated rings. The van der Waals surface area contributed by atoms with Crippen LogP contribution in [-0.2, 0) is 0 Å². The van der Waals surface area contributed by atoms with E-state index in [1.807, 2.05) is 0 Å². The van der Waals surface area contributed by atoms with Crippen molar-refractivity contribution >= 4 is 36.6 Å². The van der Waals surface area contributed by atoms with Gasteiger partial charge >= 0.3 is 0 Å². The average Bonchev–Trinajstić information content (AvgIpc) is 2.78. The van der Waals surface area contributed by atoms with Gasteiger partial charge in [-0.1, -0.05) is 78.9 Å². The van der Waals surface area contributed by atoms with Gasteiger partial charge in [0.2, 0.25) is 0 Å². The molecule has 3 aromatic rings. The summed E-state index contributed by atoms with van der Waals surface area (Å²) < 4.78 is 0. The maximum absolute atomic E-state index is 10.6. The number of hydrogen-bond acceptors (Lipinski definition) is 4. The molecule has 0 saturated carbocycles. The van der Waals surface area contributed by atoms with Gasteiger partial charge in [-0.2, -0.15) is 0 Å². The molecule has 6 heteroatoms. The summed E-state index contributed by atoms with van der Waals surface area (Å²) in [5.74, 6) is 0.681. The first-order valence-corrected chi connectivity index (χ1v) is 12.3. The predicted octanol–water partition coefficient (Wildman–Crippen LogP) is 6.38. The van der Waals surface area contributed by atoms with Gasteiger partial charge in [0.15, 0.2) is 0 Å². The van der Waals surface area contributed by atoms with Gasteiger partial charge in [0, 0.05) is 29.3 Å². The first kappa shape index (κ1) is 30.5. The lowest BCUT2D eigenvalue weighted by molar-refractivity contribution is 0.157. The summed E-state index contributed by atoms with van der Waals surface area (Å²) in [6, 6.07) is 29.8. The quantitative estimate of drug-likeness (QED) is 0.287. The minimum absolute atomic E-state index is 0. The Kier molecular flexibility index (Phi) is 13.3. The molecule has 0 radical (unpaired) electrons. The molecular weight excluding hydrogens is 483 g/mol. The zero-order chi connectivity index (χ0) is 23.0. The fraction of sp³-hybridized carbons (Fsp3) is 0.357. The Morgan fingerprint density at radius 3 is 1.88 bits per heavy atom. The van der Waals surface area contributed by atoms with E-state index in [4.69, 9.17) is 0 Å². The molecule has 3 rings (SSSR count). The Labute approximate surface area is 222 Å². The molecule has 3 nitrogen and oxygen atoms in total. The number of nitrogens with zero attached hydrogens (tertiary/aromatic N) is 1. The van der Waals surface area contributed by atoms with E-state index < -0.39 is 6.10 Å². The molecule has 1 unspecified atom stereocenters. The van der Waals surface area contributed by atoms with E-state index >= 15 is 0 Å². The molecule has 0 bridgehead atoms. The van der Waals surface area contributed by atoms with Crippen LogP contribution in [0.4, 0.5) is 0 Å². The van der Waals surface area contributed by atoms with Crippen LogP contribution in [0.5, 0.6) is 0 Å². The lowest BCUT2D eigenvalue weighted by Crippen LogP contribution is -2.51. The summed E-state index contributed by atoms with van der Waals surface area (Å²) in [5, 5.41) is 14.2. The SMILES string of the molecule is Cc1ccccc1SCC(O)CNC(C)(C)CN(C)C(c1ccccc1)c1ccccc1.Cl.Cl. The number of benzene rings is 3. The van der Waals surface area contributed by atoms with E-state index in [0.29, 0.717) is 12.3 Å². The van der Waals surface area contributed by atoms with Crippen LogP contribution in [0, 0.1) is 6.92 Å². The van der Waals surface area contributed by atoms with Crippen LogP contribution in [0.2, 0.25) is 0 Å². The Hall–Kier alpha value is -1.53. The number of likely N-dealkylation sites (N-methyl/N-ethyl adjacent to an activating group) is 1. The molecular formula is C28H38Cl2N2OS. The molecule has 3 aromatic carbocycles. The van der Waals surface area contributed by atoms with Crippen LogP contribution in [0.25, 0.3) is 0 Å². The zero-order valence-corrected chi connectivity index (χ0v) is 22.9. The van der Waals surface area contributed by atoms with Crippen molar-refractivity contribution in [2.24, 2.45) is 0 Å². The summed E-state index contributed by atoms with van der Waals surface area (Å²) in [6.07, 6.45) is -0.400. The molecule has 1 atom stereocenters. The van der Waals surface area contributed by atoms with Gasteiger partial charge in [0.25, 0.3) is 0 Å². The Balaban J connectivity index is 0.00000289. The van der Waals surface area contributed by atoms with Crippen molar-refractivity contribution in [3.63, 3.8) is 0 Å². The second-order valence-corrected chi connectivity index (χ2v) is 10.2. The molecule has 0 heterocycles. The zero-order valence-electron chi connectivity index (χ0n) is 20.5. The third kappa shape index (κ3) is 9.26. The fourth-order valence-electron chi connectivity index (χ4n) is 4.10.